The van der Waals surface area contributed by atoms with Crippen LogP contribution in [0, 0.1) is 11.6 Å². The van der Waals surface area contributed by atoms with Crippen molar-refractivity contribution in [1.82, 2.24) is 4.72 Å². The van der Waals surface area contributed by atoms with Crippen LogP contribution >= 0.6 is 31.9 Å². The van der Waals surface area contributed by atoms with Crippen LogP contribution in [0.4, 0.5) is 8.78 Å². The zero-order valence-corrected chi connectivity index (χ0v) is 14.4. The second kappa shape index (κ2) is 6.51. The van der Waals surface area contributed by atoms with Crippen molar-refractivity contribution >= 4 is 41.9 Å². The van der Waals surface area contributed by atoms with Gasteiger partial charge >= 0.3 is 0 Å². The number of nitrogens with one attached hydrogen (secondary N) is 1. The van der Waals surface area contributed by atoms with E-state index in [1.54, 1.807) is 12.1 Å². The molecule has 0 aliphatic heterocycles. The Bertz CT molecular complexity index is 782. The molecule has 0 aromatic heterocycles. The van der Waals surface area contributed by atoms with Crippen LogP contribution in [0.3, 0.4) is 0 Å². The molecule has 0 atom stereocenters. The van der Waals surface area contributed by atoms with E-state index in [0.717, 1.165) is 18.2 Å². The largest absolute Gasteiger partial charge is 0.242 e. The highest BCUT2D eigenvalue weighted by molar-refractivity contribution is 9.11. The average molecular weight is 441 g/mol. The molecule has 0 heterocycles. The second-order valence-electron chi connectivity index (χ2n) is 4.14. The van der Waals surface area contributed by atoms with E-state index in [9.17, 15) is 17.2 Å². The summed E-state index contributed by atoms with van der Waals surface area (Å²) in [4.78, 5) is 0.00804. The van der Waals surface area contributed by atoms with Gasteiger partial charge in [0.15, 0.2) is 0 Å². The predicted octanol–water partition coefficient (Wildman–Crippen LogP) is 3.97. The molecule has 0 saturated carbocycles. The molecule has 0 fully saturated rings. The number of sulfonamides is 1. The van der Waals surface area contributed by atoms with Crippen LogP contribution in [0.15, 0.2) is 50.2 Å². The summed E-state index contributed by atoms with van der Waals surface area (Å²) in [5.41, 5.74) is -0.0651. The van der Waals surface area contributed by atoms with Crippen molar-refractivity contribution in [3.05, 3.63) is 62.5 Å². The van der Waals surface area contributed by atoms with Gasteiger partial charge in [0.2, 0.25) is 10.0 Å². The molecule has 0 saturated heterocycles. The Morgan fingerprint density at radius 1 is 1.05 bits per heavy atom. The number of hydrogen-bond donors (Lipinski definition) is 1. The first kappa shape index (κ1) is 16.5. The first-order valence-electron chi connectivity index (χ1n) is 5.68. The summed E-state index contributed by atoms with van der Waals surface area (Å²) in [6.07, 6.45) is 0. The first-order chi connectivity index (χ1) is 9.79. The molecule has 1 N–H and O–H groups in total. The van der Waals surface area contributed by atoms with Crippen molar-refractivity contribution in [1.29, 1.82) is 0 Å². The molecular formula is C13H9Br2F2NO2S. The van der Waals surface area contributed by atoms with Gasteiger partial charge in [-0.3, -0.25) is 0 Å². The zero-order valence-electron chi connectivity index (χ0n) is 10.4. The highest BCUT2D eigenvalue weighted by Gasteiger charge is 2.18. The fraction of sp³-hybridized carbons (Fsp3) is 0.0769. The molecule has 3 nitrogen and oxygen atoms in total. The van der Waals surface area contributed by atoms with Crippen LogP contribution in [-0.2, 0) is 16.6 Å². The van der Waals surface area contributed by atoms with E-state index in [1.165, 1.54) is 6.07 Å². The van der Waals surface area contributed by atoms with Crippen molar-refractivity contribution in [2.75, 3.05) is 0 Å². The minimum atomic E-state index is -3.86. The lowest BCUT2D eigenvalue weighted by molar-refractivity contribution is 0.566. The third-order valence-electron chi connectivity index (χ3n) is 2.64. The predicted molar refractivity (Wildman–Crippen MR) is 82.2 cm³/mol. The third kappa shape index (κ3) is 4.09. The van der Waals surface area contributed by atoms with Crippen molar-refractivity contribution < 1.29 is 17.2 Å². The number of benzene rings is 2. The lowest BCUT2D eigenvalue weighted by Gasteiger charge is -2.09. The van der Waals surface area contributed by atoms with E-state index in [1.807, 2.05) is 0 Å². The van der Waals surface area contributed by atoms with Gasteiger partial charge in [-0.15, -0.1) is 0 Å². The topological polar surface area (TPSA) is 46.2 Å². The maximum atomic E-state index is 13.5. The van der Waals surface area contributed by atoms with Gasteiger partial charge in [0.25, 0.3) is 0 Å². The highest BCUT2D eigenvalue weighted by atomic mass is 79.9. The Labute approximate surface area is 137 Å². The molecule has 2 aromatic carbocycles. The lowest BCUT2D eigenvalue weighted by Crippen LogP contribution is -2.24. The van der Waals surface area contributed by atoms with Gasteiger partial charge < -0.3 is 0 Å². The first-order valence-corrected chi connectivity index (χ1v) is 8.75. The summed E-state index contributed by atoms with van der Waals surface area (Å²) in [7, 11) is -3.86. The molecule has 2 rings (SSSR count). The van der Waals surface area contributed by atoms with Gasteiger partial charge in [-0.1, -0.05) is 15.9 Å². The Hall–Kier alpha value is -0.830. The van der Waals surface area contributed by atoms with Crippen molar-refractivity contribution in [2.24, 2.45) is 0 Å². The number of rotatable bonds is 4. The Balaban J connectivity index is 2.26. The molecule has 8 heteroatoms. The third-order valence-corrected chi connectivity index (χ3v) is 5.53. The number of halogens is 4. The summed E-state index contributed by atoms with van der Waals surface area (Å²) >= 11 is 6.33. The smallest absolute Gasteiger partial charge is 0.207 e. The maximum Gasteiger partial charge on any atom is 0.242 e. The van der Waals surface area contributed by atoms with Gasteiger partial charge in [0.05, 0.1) is 4.90 Å². The van der Waals surface area contributed by atoms with Crippen molar-refractivity contribution in [3.63, 3.8) is 0 Å². The Kier molecular flexibility index (Phi) is 5.13. The maximum absolute atomic E-state index is 13.5. The number of hydrogen-bond acceptors (Lipinski definition) is 2. The Morgan fingerprint density at radius 2 is 1.76 bits per heavy atom. The Morgan fingerprint density at radius 3 is 2.48 bits per heavy atom. The molecule has 0 spiro atoms. The summed E-state index contributed by atoms with van der Waals surface area (Å²) in [5, 5.41) is 0. The fourth-order valence-corrected chi connectivity index (χ4v) is 4.12. The molecular weight excluding hydrogens is 432 g/mol. The van der Waals surface area contributed by atoms with E-state index in [4.69, 9.17) is 0 Å². The molecule has 0 aliphatic rings. The quantitative estimate of drug-likeness (QED) is 0.781. The molecule has 0 amide bonds. The molecule has 0 unspecified atom stereocenters. The highest BCUT2D eigenvalue weighted by Crippen LogP contribution is 2.25. The van der Waals surface area contributed by atoms with E-state index in [2.05, 4.69) is 36.6 Å². The van der Waals surface area contributed by atoms with Gasteiger partial charge in [-0.25, -0.2) is 21.9 Å². The van der Waals surface area contributed by atoms with Gasteiger partial charge in [0.1, 0.15) is 11.6 Å². The molecule has 0 aliphatic carbocycles. The molecule has 0 radical (unpaired) electrons. The molecule has 0 bridgehead atoms. The molecule has 112 valence electrons. The fourth-order valence-electron chi connectivity index (χ4n) is 1.61. The van der Waals surface area contributed by atoms with E-state index in [0.29, 0.717) is 8.95 Å². The van der Waals surface area contributed by atoms with E-state index >= 15 is 0 Å². The van der Waals surface area contributed by atoms with E-state index in [-0.39, 0.29) is 17.0 Å². The molecule has 2 aromatic rings. The lowest BCUT2D eigenvalue weighted by atomic mass is 10.2. The summed E-state index contributed by atoms with van der Waals surface area (Å²) < 4.78 is 54.1. The standard InChI is InChI=1S/C13H9Br2F2NO2S/c14-9-1-3-11(15)13(6-9)21(19,20)18-7-8-5-10(16)2-4-12(8)17/h1-6,18H,7H2. The summed E-state index contributed by atoms with van der Waals surface area (Å²) in [6.45, 7) is -0.342. The van der Waals surface area contributed by atoms with Gasteiger partial charge in [-0.05, 0) is 52.3 Å². The van der Waals surface area contributed by atoms with Crippen LogP contribution in [0.5, 0.6) is 0 Å². The summed E-state index contributed by atoms with van der Waals surface area (Å²) in [6, 6.07) is 7.53. The zero-order chi connectivity index (χ0) is 15.6. The minimum Gasteiger partial charge on any atom is -0.207 e. The van der Waals surface area contributed by atoms with Crippen LogP contribution in [0.2, 0.25) is 0 Å². The summed E-state index contributed by atoms with van der Waals surface area (Å²) in [5.74, 6) is -1.30. The monoisotopic (exact) mass is 439 g/mol. The van der Waals surface area contributed by atoms with Gasteiger partial charge in [-0.2, -0.15) is 0 Å². The van der Waals surface area contributed by atoms with Crippen molar-refractivity contribution in [3.8, 4) is 0 Å². The minimum absolute atomic E-state index is 0.00804. The van der Waals surface area contributed by atoms with Crippen LogP contribution < -0.4 is 4.72 Å². The van der Waals surface area contributed by atoms with Crippen LogP contribution in [0.1, 0.15) is 5.56 Å². The van der Waals surface area contributed by atoms with Crippen LogP contribution in [0.25, 0.3) is 0 Å². The average Bonchev–Trinajstić information content (AvgIpc) is 2.42. The second-order valence-corrected chi connectivity index (χ2v) is 7.64. The normalized spacial score (nSPS) is 11.6. The SMILES string of the molecule is O=S(=O)(NCc1cc(F)ccc1F)c1cc(Br)ccc1Br. The van der Waals surface area contributed by atoms with Gasteiger partial charge in [0, 0.05) is 21.1 Å². The van der Waals surface area contributed by atoms with Crippen molar-refractivity contribution in [2.45, 2.75) is 11.4 Å². The van der Waals surface area contributed by atoms with Crippen LogP contribution in [-0.4, -0.2) is 8.42 Å². The molecule has 21 heavy (non-hydrogen) atoms. The van der Waals surface area contributed by atoms with E-state index < -0.39 is 21.7 Å².